The maximum atomic E-state index is 11.5. The number of rotatable bonds is 3. The van der Waals surface area contributed by atoms with Gasteiger partial charge in [0.05, 0.1) is 12.1 Å². The molecule has 0 aromatic rings. The maximum absolute atomic E-state index is 11.5. The van der Waals surface area contributed by atoms with Crippen LogP contribution in [0.4, 0.5) is 4.79 Å². The molecule has 0 radical (unpaired) electrons. The number of nitrogens with one attached hydrogen (secondary N) is 1. The van der Waals surface area contributed by atoms with E-state index in [1.807, 2.05) is 20.8 Å². The average Bonchev–Trinajstić information content (AvgIpc) is 2.63. The first kappa shape index (κ1) is 13.3. The largest absolute Gasteiger partial charge is 0.444 e. The summed E-state index contributed by atoms with van der Waals surface area (Å²) in [6.45, 7) is 6.60. The molecule has 5 heteroatoms. The lowest BCUT2D eigenvalue weighted by Gasteiger charge is -2.25. The number of nitrogens with two attached hydrogens (primary N) is 1. The van der Waals surface area contributed by atoms with Crippen LogP contribution in [0.3, 0.4) is 0 Å². The molecule has 5 nitrogen and oxygen atoms in total. The van der Waals surface area contributed by atoms with E-state index in [1.165, 1.54) is 0 Å². The molecule has 1 aliphatic heterocycles. The normalized spacial score (nSPS) is 22.9. The van der Waals surface area contributed by atoms with Gasteiger partial charge in [-0.1, -0.05) is 0 Å². The van der Waals surface area contributed by atoms with E-state index < -0.39 is 11.7 Å². The topological polar surface area (TPSA) is 73.6 Å². The maximum Gasteiger partial charge on any atom is 0.408 e. The van der Waals surface area contributed by atoms with Crippen LogP contribution in [0.25, 0.3) is 0 Å². The molecule has 1 saturated heterocycles. The van der Waals surface area contributed by atoms with Crippen LogP contribution in [-0.2, 0) is 9.47 Å². The molecule has 0 spiro atoms. The third kappa shape index (κ3) is 4.37. The predicted molar refractivity (Wildman–Crippen MR) is 61.2 cm³/mol. The zero-order valence-corrected chi connectivity index (χ0v) is 10.3. The Balaban J connectivity index is 2.40. The van der Waals surface area contributed by atoms with Crippen LogP contribution in [0.15, 0.2) is 0 Å². The lowest BCUT2D eigenvalue weighted by molar-refractivity contribution is 0.0376. The van der Waals surface area contributed by atoms with Crippen molar-refractivity contribution in [3.63, 3.8) is 0 Å². The molecule has 0 aliphatic carbocycles. The molecule has 94 valence electrons. The number of hydrogen-bond acceptors (Lipinski definition) is 4. The standard InChI is InChI=1S/C11H22N2O3/c1-11(2,3)16-10(14)13-8(7-12)9-5-4-6-15-9/h8-9H,4-7,12H2,1-3H3,(H,13,14). The van der Waals surface area contributed by atoms with Gasteiger partial charge in [0, 0.05) is 13.2 Å². The molecular weight excluding hydrogens is 208 g/mol. The Morgan fingerprint density at radius 3 is 2.75 bits per heavy atom. The second-order valence-electron chi connectivity index (χ2n) is 5.04. The molecule has 2 unspecified atom stereocenters. The highest BCUT2D eigenvalue weighted by atomic mass is 16.6. The minimum absolute atomic E-state index is 0.0255. The van der Waals surface area contributed by atoms with Crippen molar-refractivity contribution in [2.45, 2.75) is 51.4 Å². The number of hydrogen-bond donors (Lipinski definition) is 2. The first-order valence-electron chi connectivity index (χ1n) is 5.73. The van der Waals surface area contributed by atoms with Gasteiger partial charge in [-0.05, 0) is 33.6 Å². The van der Waals surface area contributed by atoms with E-state index in [4.69, 9.17) is 15.2 Å². The molecule has 0 bridgehead atoms. The van der Waals surface area contributed by atoms with Gasteiger partial charge in [-0.3, -0.25) is 0 Å². The fraction of sp³-hybridized carbons (Fsp3) is 0.909. The summed E-state index contributed by atoms with van der Waals surface area (Å²) in [5.74, 6) is 0. The first-order chi connectivity index (χ1) is 7.42. The Morgan fingerprint density at radius 2 is 2.31 bits per heavy atom. The molecule has 1 heterocycles. The first-order valence-corrected chi connectivity index (χ1v) is 5.73. The molecule has 0 aromatic carbocycles. The number of carbonyl (C=O) groups is 1. The zero-order valence-electron chi connectivity index (χ0n) is 10.3. The van der Waals surface area contributed by atoms with Gasteiger partial charge in [0.25, 0.3) is 0 Å². The second-order valence-corrected chi connectivity index (χ2v) is 5.04. The van der Waals surface area contributed by atoms with Crippen LogP contribution in [0.1, 0.15) is 33.6 Å². The van der Waals surface area contributed by atoms with E-state index in [-0.39, 0.29) is 12.1 Å². The summed E-state index contributed by atoms with van der Waals surface area (Å²) >= 11 is 0. The van der Waals surface area contributed by atoms with Crippen molar-refractivity contribution in [3.05, 3.63) is 0 Å². The summed E-state index contributed by atoms with van der Waals surface area (Å²) in [6.07, 6.45) is 1.56. The molecule has 0 aromatic heterocycles. The van der Waals surface area contributed by atoms with Gasteiger partial charge in [-0.2, -0.15) is 0 Å². The minimum Gasteiger partial charge on any atom is -0.444 e. The van der Waals surface area contributed by atoms with Gasteiger partial charge in [0.2, 0.25) is 0 Å². The number of amides is 1. The van der Waals surface area contributed by atoms with Crippen molar-refractivity contribution in [2.75, 3.05) is 13.2 Å². The Labute approximate surface area is 96.7 Å². The van der Waals surface area contributed by atoms with Crippen molar-refractivity contribution < 1.29 is 14.3 Å². The van der Waals surface area contributed by atoms with Crippen molar-refractivity contribution in [3.8, 4) is 0 Å². The van der Waals surface area contributed by atoms with E-state index in [9.17, 15) is 4.79 Å². The Kier molecular flexibility index (Phi) is 4.56. The van der Waals surface area contributed by atoms with E-state index in [1.54, 1.807) is 0 Å². The van der Waals surface area contributed by atoms with Gasteiger partial charge in [0.1, 0.15) is 5.60 Å². The molecule has 1 amide bonds. The van der Waals surface area contributed by atoms with Crippen LogP contribution < -0.4 is 11.1 Å². The zero-order chi connectivity index (χ0) is 12.2. The SMILES string of the molecule is CC(C)(C)OC(=O)NC(CN)C1CCCO1. The summed E-state index contributed by atoms with van der Waals surface area (Å²) in [5, 5.41) is 2.75. The molecule has 1 fully saturated rings. The van der Waals surface area contributed by atoms with Crippen LogP contribution in [0.5, 0.6) is 0 Å². The summed E-state index contributed by atoms with van der Waals surface area (Å²) in [4.78, 5) is 11.5. The van der Waals surface area contributed by atoms with Gasteiger partial charge in [-0.25, -0.2) is 4.79 Å². The van der Waals surface area contributed by atoms with Crippen LogP contribution in [0.2, 0.25) is 0 Å². The van der Waals surface area contributed by atoms with Crippen molar-refractivity contribution in [1.82, 2.24) is 5.32 Å². The molecule has 2 atom stereocenters. The average molecular weight is 230 g/mol. The Hall–Kier alpha value is -0.810. The van der Waals surface area contributed by atoms with Crippen LogP contribution in [0, 0.1) is 0 Å². The second kappa shape index (κ2) is 5.50. The molecule has 1 aliphatic rings. The highest BCUT2D eigenvalue weighted by molar-refractivity contribution is 5.68. The van der Waals surface area contributed by atoms with Gasteiger partial charge in [0.15, 0.2) is 0 Å². The fourth-order valence-electron chi connectivity index (χ4n) is 1.68. The summed E-state index contributed by atoms with van der Waals surface area (Å²) < 4.78 is 10.7. The third-order valence-electron chi connectivity index (χ3n) is 2.37. The van der Waals surface area contributed by atoms with Crippen LogP contribution in [-0.4, -0.2) is 37.0 Å². The quantitative estimate of drug-likeness (QED) is 0.759. The molecule has 3 N–H and O–H groups in total. The molecule has 0 saturated carbocycles. The predicted octanol–water partition coefficient (Wildman–Crippen LogP) is 1.02. The van der Waals surface area contributed by atoms with Gasteiger partial charge < -0.3 is 20.5 Å². The van der Waals surface area contributed by atoms with E-state index in [2.05, 4.69) is 5.32 Å². The monoisotopic (exact) mass is 230 g/mol. The number of ether oxygens (including phenoxy) is 2. The smallest absolute Gasteiger partial charge is 0.408 e. The van der Waals surface area contributed by atoms with Crippen molar-refractivity contribution in [2.24, 2.45) is 5.73 Å². The van der Waals surface area contributed by atoms with Gasteiger partial charge in [-0.15, -0.1) is 0 Å². The number of alkyl carbamates (subject to hydrolysis) is 1. The van der Waals surface area contributed by atoms with Crippen LogP contribution >= 0.6 is 0 Å². The van der Waals surface area contributed by atoms with E-state index >= 15 is 0 Å². The van der Waals surface area contributed by atoms with Gasteiger partial charge >= 0.3 is 6.09 Å². The molecular formula is C11H22N2O3. The lowest BCUT2D eigenvalue weighted by Crippen LogP contribution is -2.49. The highest BCUT2D eigenvalue weighted by Gasteiger charge is 2.27. The number of carbonyl (C=O) groups excluding carboxylic acids is 1. The molecule has 16 heavy (non-hydrogen) atoms. The van der Waals surface area contributed by atoms with Crippen molar-refractivity contribution >= 4 is 6.09 Å². The lowest BCUT2D eigenvalue weighted by atomic mass is 10.1. The highest BCUT2D eigenvalue weighted by Crippen LogP contribution is 2.15. The fourth-order valence-corrected chi connectivity index (χ4v) is 1.68. The van der Waals surface area contributed by atoms with Crippen molar-refractivity contribution in [1.29, 1.82) is 0 Å². The third-order valence-corrected chi connectivity index (χ3v) is 2.37. The summed E-state index contributed by atoms with van der Waals surface area (Å²) in [6, 6.07) is -0.155. The van der Waals surface area contributed by atoms with E-state index in [0.29, 0.717) is 6.54 Å². The summed E-state index contributed by atoms with van der Waals surface area (Å²) in [5.41, 5.74) is 5.13. The summed E-state index contributed by atoms with van der Waals surface area (Å²) in [7, 11) is 0. The minimum atomic E-state index is -0.486. The molecule has 1 rings (SSSR count). The Morgan fingerprint density at radius 1 is 1.62 bits per heavy atom. The van der Waals surface area contributed by atoms with E-state index in [0.717, 1.165) is 19.4 Å². The Bertz CT molecular complexity index is 232.